The molecule has 0 saturated heterocycles. The standard InChI is InChI=1S/C11H22N2O3S/c1-8(5-7-17)10(14)13-9(11(15)16)4-2-3-6-12/h8-9,17H,2-7,12H2,1H3,(H,13,14)(H,15,16). The van der Waals surface area contributed by atoms with Gasteiger partial charge in [0.1, 0.15) is 6.04 Å². The molecule has 0 saturated carbocycles. The Hall–Kier alpha value is -0.750. The summed E-state index contributed by atoms with van der Waals surface area (Å²) in [6, 6.07) is -0.809. The van der Waals surface area contributed by atoms with Gasteiger partial charge in [-0.1, -0.05) is 6.92 Å². The molecule has 0 radical (unpaired) electrons. The number of carbonyl (C=O) groups excluding carboxylic acids is 1. The smallest absolute Gasteiger partial charge is 0.326 e. The van der Waals surface area contributed by atoms with E-state index >= 15 is 0 Å². The monoisotopic (exact) mass is 262 g/mol. The van der Waals surface area contributed by atoms with Crippen molar-refractivity contribution < 1.29 is 14.7 Å². The molecule has 0 aliphatic rings. The number of carboxylic acid groups (broad SMARTS) is 1. The molecule has 17 heavy (non-hydrogen) atoms. The van der Waals surface area contributed by atoms with Crippen LogP contribution < -0.4 is 11.1 Å². The molecule has 0 aromatic rings. The second kappa shape index (κ2) is 9.30. The van der Waals surface area contributed by atoms with Crippen LogP contribution in [0.2, 0.25) is 0 Å². The highest BCUT2D eigenvalue weighted by Crippen LogP contribution is 2.06. The van der Waals surface area contributed by atoms with Crippen LogP contribution in [-0.2, 0) is 9.59 Å². The summed E-state index contributed by atoms with van der Waals surface area (Å²) in [6.07, 6.45) is 2.54. The first-order chi connectivity index (χ1) is 8.02. The van der Waals surface area contributed by atoms with Crippen molar-refractivity contribution in [2.45, 2.75) is 38.6 Å². The summed E-state index contributed by atoms with van der Waals surface area (Å²) in [6.45, 7) is 2.31. The minimum atomic E-state index is -0.992. The molecule has 0 aromatic heterocycles. The summed E-state index contributed by atoms with van der Waals surface area (Å²) in [5.74, 6) is -0.809. The third-order valence-corrected chi connectivity index (χ3v) is 2.83. The molecule has 0 heterocycles. The number of thiol groups is 1. The SMILES string of the molecule is CC(CCS)C(=O)NC(CCCCN)C(=O)O. The third-order valence-electron chi connectivity index (χ3n) is 2.57. The quantitative estimate of drug-likeness (QED) is 0.362. The molecule has 0 aliphatic heterocycles. The largest absolute Gasteiger partial charge is 0.480 e. The van der Waals surface area contributed by atoms with E-state index in [4.69, 9.17) is 10.8 Å². The second-order valence-electron chi connectivity index (χ2n) is 4.10. The zero-order valence-corrected chi connectivity index (χ0v) is 11.1. The first-order valence-corrected chi connectivity index (χ1v) is 6.50. The number of carboxylic acids is 1. The number of carbonyl (C=O) groups is 2. The minimum Gasteiger partial charge on any atom is -0.480 e. The van der Waals surface area contributed by atoms with E-state index in [2.05, 4.69) is 17.9 Å². The molecule has 0 fully saturated rings. The Bertz CT molecular complexity index is 249. The van der Waals surface area contributed by atoms with Crippen LogP contribution in [0.5, 0.6) is 0 Å². The van der Waals surface area contributed by atoms with E-state index in [9.17, 15) is 9.59 Å². The Morgan fingerprint density at radius 1 is 1.35 bits per heavy atom. The summed E-state index contributed by atoms with van der Waals surface area (Å²) in [7, 11) is 0. The van der Waals surface area contributed by atoms with Gasteiger partial charge in [0.2, 0.25) is 5.91 Å². The lowest BCUT2D eigenvalue weighted by Gasteiger charge is -2.17. The highest BCUT2D eigenvalue weighted by molar-refractivity contribution is 7.80. The average molecular weight is 262 g/mol. The Labute approximate surface area is 108 Å². The molecule has 2 atom stereocenters. The molecule has 0 aromatic carbocycles. The van der Waals surface area contributed by atoms with Gasteiger partial charge >= 0.3 is 5.97 Å². The second-order valence-corrected chi connectivity index (χ2v) is 4.54. The number of rotatable bonds is 9. The number of amides is 1. The molecule has 100 valence electrons. The van der Waals surface area contributed by atoms with Gasteiger partial charge in [0, 0.05) is 5.92 Å². The van der Waals surface area contributed by atoms with Gasteiger partial charge in [-0.25, -0.2) is 4.79 Å². The summed E-state index contributed by atoms with van der Waals surface area (Å²) in [5, 5.41) is 11.5. The predicted octanol–water partition coefficient (Wildman–Crippen LogP) is 0.641. The van der Waals surface area contributed by atoms with Gasteiger partial charge in [0.25, 0.3) is 0 Å². The van der Waals surface area contributed by atoms with Gasteiger partial charge in [-0.15, -0.1) is 0 Å². The Morgan fingerprint density at radius 3 is 2.47 bits per heavy atom. The molecular weight excluding hydrogens is 240 g/mol. The fourth-order valence-corrected chi connectivity index (χ4v) is 1.78. The van der Waals surface area contributed by atoms with E-state index in [-0.39, 0.29) is 11.8 Å². The number of aliphatic carboxylic acids is 1. The van der Waals surface area contributed by atoms with Crippen LogP contribution in [-0.4, -0.2) is 35.3 Å². The summed E-state index contributed by atoms with van der Waals surface area (Å²) < 4.78 is 0. The van der Waals surface area contributed by atoms with Crippen molar-refractivity contribution in [3.05, 3.63) is 0 Å². The topological polar surface area (TPSA) is 92.4 Å². The predicted molar refractivity (Wildman–Crippen MR) is 70.1 cm³/mol. The zero-order valence-electron chi connectivity index (χ0n) is 10.2. The summed E-state index contributed by atoms with van der Waals surface area (Å²) >= 11 is 4.04. The van der Waals surface area contributed by atoms with Crippen molar-refractivity contribution in [2.75, 3.05) is 12.3 Å². The maximum Gasteiger partial charge on any atom is 0.326 e. The Morgan fingerprint density at radius 2 is 2.00 bits per heavy atom. The van der Waals surface area contributed by atoms with E-state index in [1.165, 1.54) is 0 Å². The number of nitrogens with two attached hydrogens (primary N) is 1. The van der Waals surface area contributed by atoms with Crippen LogP contribution in [0, 0.1) is 5.92 Å². The van der Waals surface area contributed by atoms with Crippen LogP contribution in [0.3, 0.4) is 0 Å². The van der Waals surface area contributed by atoms with E-state index in [0.29, 0.717) is 31.6 Å². The molecule has 1 amide bonds. The number of nitrogens with one attached hydrogen (secondary N) is 1. The molecular formula is C11H22N2O3S. The van der Waals surface area contributed by atoms with Gasteiger partial charge in [-0.3, -0.25) is 4.79 Å². The molecule has 0 aliphatic carbocycles. The van der Waals surface area contributed by atoms with Crippen LogP contribution >= 0.6 is 12.6 Å². The molecule has 2 unspecified atom stereocenters. The lowest BCUT2D eigenvalue weighted by Crippen LogP contribution is -2.43. The van der Waals surface area contributed by atoms with Gasteiger partial charge in [-0.05, 0) is 38.0 Å². The fourth-order valence-electron chi connectivity index (χ4n) is 1.39. The van der Waals surface area contributed by atoms with Crippen LogP contribution in [0.25, 0.3) is 0 Å². The first kappa shape index (κ1) is 16.2. The molecule has 0 bridgehead atoms. The van der Waals surface area contributed by atoms with Crippen molar-refractivity contribution >= 4 is 24.5 Å². The number of hydrogen-bond donors (Lipinski definition) is 4. The van der Waals surface area contributed by atoms with Crippen LogP contribution in [0.1, 0.15) is 32.6 Å². The highest BCUT2D eigenvalue weighted by atomic mass is 32.1. The minimum absolute atomic E-state index is 0.205. The number of unbranched alkanes of at least 4 members (excludes halogenated alkanes) is 1. The normalized spacial score (nSPS) is 14.1. The first-order valence-electron chi connectivity index (χ1n) is 5.87. The highest BCUT2D eigenvalue weighted by Gasteiger charge is 2.21. The molecule has 0 spiro atoms. The van der Waals surface area contributed by atoms with Crippen molar-refractivity contribution in [2.24, 2.45) is 11.7 Å². The van der Waals surface area contributed by atoms with Gasteiger partial charge < -0.3 is 16.2 Å². The van der Waals surface area contributed by atoms with Crippen LogP contribution in [0.15, 0.2) is 0 Å². The van der Waals surface area contributed by atoms with E-state index in [1.54, 1.807) is 6.92 Å². The fraction of sp³-hybridized carbons (Fsp3) is 0.818. The lowest BCUT2D eigenvalue weighted by molar-refractivity contribution is -0.142. The van der Waals surface area contributed by atoms with Gasteiger partial charge in [0.05, 0.1) is 0 Å². The maximum absolute atomic E-state index is 11.6. The molecule has 6 heteroatoms. The van der Waals surface area contributed by atoms with Gasteiger partial charge in [-0.2, -0.15) is 12.6 Å². The van der Waals surface area contributed by atoms with E-state index < -0.39 is 12.0 Å². The maximum atomic E-state index is 11.6. The average Bonchev–Trinajstić information content (AvgIpc) is 2.27. The lowest BCUT2D eigenvalue weighted by atomic mass is 10.1. The van der Waals surface area contributed by atoms with Crippen LogP contribution in [0.4, 0.5) is 0 Å². The zero-order chi connectivity index (χ0) is 13.3. The Balaban J connectivity index is 4.15. The van der Waals surface area contributed by atoms with Crippen molar-refractivity contribution in [1.29, 1.82) is 0 Å². The van der Waals surface area contributed by atoms with Crippen molar-refractivity contribution in [3.8, 4) is 0 Å². The van der Waals surface area contributed by atoms with E-state index in [1.807, 2.05) is 0 Å². The number of hydrogen-bond acceptors (Lipinski definition) is 4. The molecule has 0 rings (SSSR count). The van der Waals surface area contributed by atoms with Gasteiger partial charge in [0.15, 0.2) is 0 Å². The molecule has 4 N–H and O–H groups in total. The third kappa shape index (κ3) is 7.23. The van der Waals surface area contributed by atoms with E-state index in [0.717, 1.165) is 6.42 Å². The summed E-state index contributed by atoms with van der Waals surface area (Å²) in [4.78, 5) is 22.6. The Kier molecular flexibility index (Phi) is 8.89. The van der Waals surface area contributed by atoms with Crippen molar-refractivity contribution in [1.82, 2.24) is 5.32 Å². The summed E-state index contributed by atoms with van der Waals surface area (Å²) in [5.41, 5.74) is 5.34. The molecule has 5 nitrogen and oxygen atoms in total. The van der Waals surface area contributed by atoms with Crippen molar-refractivity contribution in [3.63, 3.8) is 0 Å².